The highest BCUT2D eigenvalue weighted by molar-refractivity contribution is 5.16. The summed E-state index contributed by atoms with van der Waals surface area (Å²) in [5, 5.41) is 0. The van der Waals surface area contributed by atoms with Crippen molar-refractivity contribution in [2.75, 3.05) is 14.1 Å². The van der Waals surface area contributed by atoms with Gasteiger partial charge in [0.1, 0.15) is 6.04 Å². The Morgan fingerprint density at radius 2 is 1.82 bits per heavy atom. The van der Waals surface area contributed by atoms with Gasteiger partial charge in [0.2, 0.25) is 0 Å². The van der Waals surface area contributed by atoms with E-state index in [0.29, 0.717) is 6.04 Å². The summed E-state index contributed by atoms with van der Waals surface area (Å²) in [6.45, 7) is 5.99. The third-order valence-corrected chi connectivity index (χ3v) is 3.03. The summed E-state index contributed by atoms with van der Waals surface area (Å²) in [5.74, 6) is 0. The van der Waals surface area contributed by atoms with Crippen molar-refractivity contribution in [3.05, 3.63) is 60.8 Å². The Balaban J connectivity index is 0.00000256. The summed E-state index contributed by atoms with van der Waals surface area (Å²) < 4.78 is 0.805. The van der Waals surface area contributed by atoms with Crippen molar-refractivity contribution in [2.45, 2.75) is 19.4 Å². The van der Waals surface area contributed by atoms with Gasteiger partial charge in [0, 0.05) is 6.42 Å². The van der Waals surface area contributed by atoms with Crippen LogP contribution in [0.1, 0.15) is 12.5 Å². The van der Waals surface area contributed by atoms with Gasteiger partial charge in [0.05, 0.1) is 20.3 Å². The minimum absolute atomic E-state index is 0. The summed E-state index contributed by atoms with van der Waals surface area (Å²) >= 11 is 0. The van der Waals surface area contributed by atoms with Gasteiger partial charge in [-0.25, -0.2) is 0 Å². The van der Waals surface area contributed by atoms with Crippen LogP contribution in [0.15, 0.2) is 55.3 Å². The molecule has 0 N–H and O–H groups in total. The van der Waals surface area contributed by atoms with Crippen molar-refractivity contribution in [3.8, 4) is 0 Å². The number of allylic oxidation sites excluding steroid dienone is 1. The molecule has 0 spiro atoms. The Kier molecular flexibility index (Phi) is 6.86. The third-order valence-electron chi connectivity index (χ3n) is 3.03. The molecule has 0 saturated carbocycles. The molecule has 0 heterocycles. The van der Waals surface area contributed by atoms with Gasteiger partial charge in [-0.2, -0.15) is 0 Å². The maximum atomic E-state index is 3.92. The van der Waals surface area contributed by atoms with Gasteiger partial charge < -0.3 is 12.4 Å². The molecule has 1 atom stereocenters. The van der Waals surface area contributed by atoms with E-state index in [1.54, 1.807) is 0 Å². The minimum atomic E-state index is 0. The number of nitrogens with zero attached hydrogens (tertiary/aromatic N) is 1. The van der Waals surface area contributed by atoms with E-state index >= 15 is 0 Å². The first-order chi connectivity index (χ1) is 7.60. The molecule has 1 rings (SSSR count). The van der Waals surface area contributed by atoms with Crippen LogP contribution < -0.4 is 12.4 Å². The topological polar surface area (TPSA) is 0 Å². The average Bonchev–Trinajstić information content (AvgIpc) is 2.30. The lowest BCUT2D eigenvalue weighted by Gasteiger charge is -2.32. The summed E-state index contributed by atoms with van der Waals surface area (Å²) in [6.07, 6.45) is 7.42. The van der Waals surface area contributed by atoms with Crippen LogP contribution in [0.25, 0.3) is 0 Å². The monoisotopic (exact) mass is 251 g/mol. The molecule has 2 heteroatoms. The van der Waals surface area contributed by atoms with Crippen LogP contribution in [-0.4, -0.2) is 24.6 Å². The Morgan fingerprint density at radius 1 is 1.24 bits per heavy atom. The average molecular weight is 252 g/mol. The number of hydrogen-bond donors (Lipinski definition) is 0. The molecule has 0 aliphatic carbocycles. The van der Waals surface area contributed by atoms with Crippen LogP contribution >= 0.6 is 0 Å². The smallest absolute Gasteiger partial charge is 0.115 e. The van der Waals surface area contributed by atoms with E-state index in [4.69, 9.17) is 0 Å². The molecule has 1 unspecified atom stereocenters. The second kappa shape index (κ2) is 7.31. The summed E-state index contributed by atoms with van der Waals surface area (Å²) in [4.78, 5) is 0. The van der Waals surface area contributed by atoms with Gasteiger partial charge in [0.15, 0.2) is 0 Å². The van der Waals surface area contributed by atoms with Crippen LogP contribution in [0.5, 0.6) is 0 Å². The van der Waals surface area contributed by atoms with Gasteiger partial charge in [-0.15, -0.1) is 0 Å². The molecule has 1 aromatic carbocycles. The first-order valence-electron chi connectivity index (χ1n) is 5.74. The fourth-order valence-electron chi connectivity index (χ4n) is 1.74. The molecule has 0 fully saturated rings. The molecule has 0 amide bonds. The van der Waals surface area contributed by atoms with Crippen molar-refractivity contribution in [1.29, 1.82) is 0 Å². The number of rotatable bonds is 5. The zero-order chi connectivity index (χ0) is 12.0. The molecule has 0 radical (unpaired) electrons. The van der Waals surface area contributed by atoms with E-state index in [9.17, 15) is 0 Å². The van der Waals surface area contributed by atoms with Crippen molar-refractivity contribution < 1.29 is 16.9 Å². The second-order valence-electron chi connectivity index (χ2n) is 4.59. The van der Waals surface area contributed by atoms with Crippen LogP contribution in [0.4, 0.5) is 0 Å². The zero-order valence-electron chi connectivity index (χ0n) is 10.9. The summed E-state index contributed by atoms with van der Waals surface area (Å²) in [6, 6.07) is 11.1. The van der Waals surface area contributed by atoms with Crippen molar-refractivity contribution in [3.63, 3.8) is 0 Å². The number of halogens is 1. The molecule has 1 nitrogen and oxygen atoms in total. The Labute approximate surface area is 111 Å². The van der Waals surface area contributed by atoms with Crippen LogP contribution in [0.3, 0.4) is 0 Å². The molecule has 17 heavy (non-hydrogen) atoms. The highest BCUT2D eigenvalue weighted by Crippen LogP contribution is 2.15. The predicted molar refractivity (Wildman–Crippen MR) is 71.1 cm³/mol. The molecule has 0 aliphatic rings. The highest BCUT2D eigenvalue weighted by atomic mass is 35.5. The molecule has 0 aliphatic heterocycles. The van der Waals surface area contributed by atoms with E-state index in [-0.39, 0.29) is 12.4 Å². The maximum absolute atomic E-state index is 3.92. The lowest BCUT2D eigenvalue weighted by Crippen LogP contribution is -3.00. The Hall–Kier alpha value is -1.05. The lowest BCUT2D eigenvalue weighted by atomic mass is 10.0. The summed E-state index contributed by atoms with van der Waals surface area (Å²) in [7, 11) is 4.36. The number of benzene rings is 1. The van der Waals surface area contributed by atoms with Crippen molar-refractivity contribution in [1.82, 2.24) is 0 Å². The van der Waals surface area contributed by atoms with Gasteiger partial charge in [-0.05, 0) is 25.1 Å². The quantitative estimate of drug-likeness (QED) is 0.525. The van der Waals surface area contributed by atoms with E-state index < -0.39 is 0 Å². The molecule has 94 valence electrons. The lowest BCUT2D eigenvalue weighted by molar-refractivity contribution is -0.857. The first kappa shape index (κ1) is 16.0. The molecule has 0 saturated heterocycles. The Bertz CT molecular complexity index is 354. The highest BCUT2D eigenvalue weighted by Gasteiger charge is 2.22. The standard InChI is InChI=1S/C15H22N.ClH/c1-5-10-15(16(3,4)6-2)13-14-11-8-7-9-12-14;/h5-12,15H,2,13H2,1,3-4H3;1H/q+1;/p-1. The van der Waals surface area contributed by atoms with Crippen molar-refractivity contribution >= 4 is 0 Å². The van der Waals surface area contributed by atoms with Crippen molar-refractivity contribution in [2.24, 2.45) is 0 Å². The summed E-state index contributed by atoms with van der Waals surface area (Å²) in [5.41, 5.74) is 1.37. The van der Waals surface area contributed by atoms with Crippen LogP contribution in [-0.2, 0) is 6.42 Å². The molecular weight excluding hydrogens is 230 g/mol. The zero-order valence-corrected chi connectivity index (χ0v) is 11.7. The van der Waals surface area contributed by atoms with Gasteiger partial charge >= 0.3 is 0 Å². The number of likely N-dealkylation sites (N-methyl/N-ethyl adjacent to an activating group) is 1. The van der Waals surface area contributed by atoms with Gasteiger partial charge in [-0.3, -0.25) is 4.48 Å². The SMILES string of the molecule is C=C[N+](C)(C)C(C=CC)Cc1ccccc1.[Cl-]. The van der Waals surface area contributed by atoms with E-state index in [0.717, 1.165) is 10.9 Å². The fourth-order valence-corrected chi connectivity index (χ4v) is 1.74. The largest absolute Gasteiger partial charge is 1.00 e. The Morgan fingerprint density at radius 3 is 2.29 bits per heavy atom. The van der Waals surface area contributed by atoms with E-state index in [1.807, 2.05) is 6.20 Å². The molecule has 0 bridgehead atoms. The second-order valence-corrected chi connectivity index (χ2v) is 4.59. The molecular formula is C15H22ClN. The first-order valence-corrected chi connectivity index (χ1v) is 5.74. The molecule has 0 aromatic heterocycles. The number of hydrogen-bond acceptors (Lipinski definition) is 0. The van der Waals surface area contributed by atoms with E-state index in [2.05, 4.69) is 70.1 Å². The fraction of sp³-hybridized carbons (Fsp3) is 0.333. The van der Waals surface area contributed by atoms with Crippen LogP contribution in [0.2, 0.25) is 0 Å². The van der Waals surface area contributed by atoms with E-state index in [1.165, 1.54) is 5.56 Å². The van der Waals surface area contributed by atoms with Gasteiger partial charge in [-0.1, -0.05) is 36.4 Å². The normalized spacial score (nSPS) is 13.1. The number of quaternary nitrogens is 1. The minimum Gasteiger partial charge on any atom is -1.00 e. The van der Waals surface area contributed by atoms with Crippen LogP contribution in [0, 0.1) is 0 Å². The predicted octanol–water partition coefficient (Wildman–Crippen LogP) is 0.398. The third kappa shape index (κ3) is 4.76. The maximum Gasteiger partial charge on any atom is 0.115 e. The van der Waals surface area contributed by atoms with Gasteiger partial charge in [0.25, 0.3) is 0 Å². The molecule has 1 aromatic rings.